The molecule has 0 spiro atoms. The summed E-state index contributed by atoms with van der Waals surface area (Å²) in [5, 5.41) is 35.6. The van der Waals surface area contributed by atoms with Gasteiger partial charge >= 0.3 is 17.9 Å². The number of guanidine groups is 1. The van der Waals surface area contributed by atoms with Crippen LogP contribution in [0, 0.1) is 0 Å². The number of benzene rings is 2. The number of aliphatic carboxylic acids is 3. The van der Waals surface area contributed by atoms with E-state index in [9.17, 15) is 14.4 Å². The highest BCUT2D eigenvalue weighted by Crippen LogP contribution is 2.18. The van der Waals surface area contributed by atoms with E-state index in [1.165, 1.54) is 12.1 Å². The second kappa shape index (κ2) is 17.0. The number of carboxylic acids is 3. The number of aromatic hydroxyl groups is 1. The van der Waals surface area contributed by atoms with Crippen LogP contribution in [0.3, 0.4) is 0 Å². The van der Waals surface area contributed by atoms with Gasteiger partial charge in [-0.05, 0) is 48.6 Å². The molecule has 218 valence electrons. The molecule has 0 aliphatic heterocycles. The third kappa shape index (κ3) is 12.7. The number of phenols is 1. The van der Waals surface area contributed by atoms with Gasteiger partial charge in [-0.15, -0.1) is 0 Å². The Bertz CT molecular complexity index is 1260. The van der Waals surface area contributed by atoms with Crippen molar-refractivity contribution < 1.29 is 34.8 Å². The molecule has 0 aliphatic rings. The van der Waals surface area contributed by atoms with E-state index >= 15 is 0 Å². The quantitative estimate of drug-likeness (QED) is 0.0838. The molecule has 3 rings (SSSR count). The van der Waals surface area contributed by atoms with Crippen LogP contribution >= 0.6 is 0 Å². The number of hydrogen-bond donors (Lipinski definition) is 10. The lowest BCUT2D eigenvalue weighted by Gasteiger charge is -2.05. The molecule has 0 aliphatic carbocycles. The number of fused-ring (bicyclic) bond motifs is 1. The molecule has 15 N–H and O–H groups in total. The zero-order chi connectivity index (χ0) is 30.2. The Morgan fingerprint density at radius 1 is 0.800 bits per heavy atom. The van der Waals surface area contributed by atoms with Crippen LogP contribution in [0.15, 0.2) is 59.7 Å². The summed E-state index contributed by atoms with van der Waals surface area (Å²) in [5.41, 5.74) is 28.9. The van der Waals surface area contributed by atoms with Crippen LogP contribution in [-0.2, 0) is 27.2 Å². The fourth-order valence-corrected chi connectivity index (χ4v) is 3.24. The van der Waals surface area contributed by atoms with E-state index in [1.54, 1.807) is 12.1 Å². The third-order valence-electron chi connectivity index (χ3n) is 5.43. The van der Waals surface area contributed by atoms with Gasteiger partial charge in [0, 0.05) is 30.1 Å². The van der Waals surface area contributed by atoms with Crippen molar-refractivity contribution in [1.82, 2.24) is 4.98 Å². The van der Waals surface area contributed by atoms with Crippen LogP contribution in [0.2, 0.25) is 0 Å². The number of aliphatic imine (C=N–C) groups is 1. The van der Waals surface area contributed by atoms with Gasteiger partial charge in [0.05, 0.1) is 0 Å². The number of hydrogen-bond acceptors (Lipinski definition) is 8. The fourth-order valence-electron chi connectivity index (χ4n) is 3.24. The minimum absolute atomic E-state index is 0.0129. The smallest absolute Gasteiger partial charge is 0.320 e. The Balaban J connectivity index is 0.000000303. The van der Waals surface area contributed by atoms with Gasteiger partial charge in [0.1, 0.15) is 23.9 Å². The monoisotopic (exact) mass is 559 g/mol. The van der Waals surface area contributed by atoms with Gasteiger partial charge in [-0.3, -0.25) is 19.4 Å². The Morgan fingerprint density at radius 2 is 1.35 bits per heavy atom. The van der Waals surface area contributed by atoms with Crippen molar-refractivity contribution in [3.63, 3.8) is 0 Å². The van der Waals surface area contributed by atoms with Crippen LogP contribution in [0.5, 0.6) is 5.75 Å². The van der Waals surface area contributed by atoms with Crippen molar-refractivity contribution in [2.45, 2.75) is 43.8 Å². The van der Waals surface area contributed by atoms with Crippen molar-refractivity contribution in [2.24, 2.45) is 33.7 Å². The molecule has 14 nitrogen and oxygen atoms in total. The first-order valence-electron chi connectivity index (χ1n) is 12.1. The van der Waals surface area contributed by atoms with E-state index in [1.807, 2.05) is 30.5 Å². The maximum atomic E-state index is 10.6. The highest BCUT2D eigenvalue weighted by atomic mass is 16.4. The first kappa shape index (κ1) is 33.4. The summed E-state index contributed by atoms with van der Waals surface area (Å²) in [6.45, 7) is 0.420. The molecule has 2 aromatic carbocycles. The summed E-state index contributed by atoms with van der Waals surface area (Å²) in [4.78, 5) is 38.0. The number of carboxylic acid groups (broad SMARTS) is 3. The number of H-pyrrole nitrogens is 1. The topological polar surface area (TPSA) is 290 Å². The maximum Gasteiger partial charge on any atom is 0.320 e. The van der Waals surface area contributed by atoms with Gasteiger partial charge in [0.25, 0.3) is 0 Å². The number of aromatic nitrogens is 1. The van der Waals surface area contributed by atoms with Crippen molar-refractivity contribution in [3.05, 3.63) is 65.9 Å². The Labute approximate surface area is 230 Å². The molecule has 0 bridgehead atoms. The van der Waals surface area contributed by atoms with E-state index in [2.05, 4.69) is 9.98 Å². The molecular formula is C26H37N7O7. The Kier molecular flexibility index (Phi) is 14.2. The Morgan fingerprint density at radius 3 is 1.90 bits per heavy atom. The van der Waals surface area contributed by atoms with Crippen molar-refractivity contribution in [2.75, 3.05) is 6.54 Å². The number of para-hydroxylation sites is 1. The molecule has 3 atom stereocenters. The fraction of sp³-hybridized carbons (Fsp3) is 0.308. The van der Waals surface area contributed by atoms with E-state index in [-0.39, 0.29) is 18.1 Å². The number of nitrogens with two attached hydrogens (primary N) is 5. The average Bonchev–Trinajstić information content (AvgIpc) is 3.31. The van der Waals surface area contributed by atoms with Gasteiger partial charge < -0.3 is 54.1 Å². The second-order valence-electron chi connectivity index (χ2n) is 8.72. The van der Waals surface area contributed by atoms with E-state index in [0.29, 0.717) is 25.8 Å². The average molecular weight is 560 g/mol. The molecule has 1 heterocycles. The molecule has 1 aromatic heterocycles. The van der Waals surface area contributed by atoms with Crippen molar-refractivity contribution in [3.8, 4) is 5.75 Å². The number of carbonyl (C=O) groups is 3. The highest BCUT2D eigenvalue weighted by molar-refractivity contribution is 5.84. The number of nitrogens with one attached hydrogen (secondary N) is 1. The lowest BCUT2D eigenvalue weighted by atomic mass is 10.1. The van der Waals surface area contributed by atoms with Crippen LogP contribution in [0.1, 0.15) is 24.0 Å². The number of nitrogens with zero attached hydrogens (tertiary/aromatic N) is 1. The van der Waals surface area contributed by atoms with Gasteiger partial charge in [-0.25, -0.2) is 0 Å². The van der Waals surface area contributed by atoms with Gasteiger partial charge in [-0.1, -0.05) is 30.3 Å². The third-order valence-corrected chi connectivity index (χ3v) is 5.43. The summed E-state index contributed by atoms with van der Waals surface area (Å²) >= 11 is 0. The predicted molar refractivity (Wildman–Crippen MR) is 151 cm³/mol. The lowest BCUT2D eigenvalue weighted by Crippen LogP contribution is -2.32. The van der Waals surface area contributed by atoms with Gasteiger partial charge in [0.2, 0.25) is 0 Å². The number of phenolic OH excluding ortho intramolecular Hbond substituents is 1. The largest absolute Gasteiger partial charge is 0.508 e. The van der Waals surface area contributed by atoms with Crippen LogP contribution in [-0.4, -0.2) is 73.9 Å². The van der Waals surface area contributed by atoms with Crippen LogP contribution < -0.4 is 28.7 Å². The molecule has 40 heavy (non-hydrogen) atoms. The van der Waals surface area contributed by atoms with E-state index < -0.39 is 36.0 Å². The molecular weight excluding hydrogens is 522 g/mol. The zero-order valence-electron chi connectivity index (χ0n) is 21.8. The van der Waals surface area contributed by atoms with E-state index in [4.69, 9.17) is 49.1 Å². The summed E-state index contributed by atoms with van der Waals surface area (Å²) in [7, 11) is 0. The maximum absolute atomic E-state index is 10.6. The summed E-state index contributed by atoms with van der Waals surface area (Å²) in [5.74, 6) is -2.82. The number of aromatic amines is 1. The van der Waals surface area contributed by atoms with E-state index in [0.717, 1.165) is 22.0 Å². The van der Waals surface area contributed by atoms with Gasteiger partial charge in [0.15, 0.2) is 5.96 Å². The molecule has 0 radical (unpaired) electrons. The standard InChI is InChI=1S/C11H12N2O2.C9H11NO3.C6H14N4O2/c12-9(11(14)15)5-7-6-13-10-4-2-1-3-8(7)10;10-8(9(12)13)5-6-1-3-7(11)4-2-6;7-4(5(11)12)2-1-3-10-6(8)9/h1-4,6,9,13H,5,12H2,(H,14,15);1-4,8,11H,5,10H2,(H,12,13);4H,1-3,7H2,(H,11,12)(H4,8,9,10). The molecule has 0 amide bonds. The molecule has 0 saturated heterocycles. The zero-order valence-corrected chi connectivity index (χ0v) is 21.8. The first-order valence-corrected chi connectivity index (χ1v) is 12.1. The molecule has 14 heteroatoms. The van der Waals surface area contributed by atoms with Crippen molar-refractivity contribution >= 4 is 34.8 Å². The summed E-state index contributed by atoms with van der Waals surface area (Å²) in [6.07, 6.45) is 3.39. The first-order chi connectivity index (χ1) is 18.8. The summed E-state index contributed by atoms with van der Waals surface area (Å²) < 4.78 is 0. The van der Waals surface area contributed by atoms with Crippen LogP contribution in [0.4, 0.5) is 0 Å². The highest BCUT2D eigenvalue weighted by Gasteiger charge is 2.14. The molecule has 3 unspecified atom stereocenters. The number of rotatable bonds is 11. The second-order valence-corrected chi connectivity index (χ2v) is 8.72. The molecule has 3 aromatic rings. The van der Waals surface area contributed by atoms with Crippen LogP contribution in [0.25, 0.3) is 10.9 Å². The van der Waals surface area contributed by atoms with Crippen molar-refractivity contribution in [1.29, 1.82) is 0 Å². The minimum atomic E-state index is -1.02. The molecule has 0 fully saturated rings. The normalized spacial score (nSPS) is 12.5. The van der Waals surface area contributed by atoms with Gasteiger partial charge in [-0.2, -0.15) is 0 Å². The molecule has 0 saturated carbocycles. The Hall–Kier alpha value is -4.66. The lowest BCUT2D eigenvalue weighted by molar-refractivity contribution is -0.139. The SMILES string of the molecule is NC(Cc1c[nH]c2ccccc12)C(=O)O.NC(Cc1ccc(O)cc1)C(=O)O.NC(N)=NCCCC(N)C(=O)O. The predicted octanol–water partition coefficient (Wildman–Crippen LogP) is -0.0792. The minimum Gasteiger partial charge on any atom is -0.508 e. The summed E-state index contributed by atoms with van der Waals surface area (Å²) in [6, 6.07) is 11.5.